The standard InChI is InChI=1S/C8H8F3NO/c9-8(10,11)7-2-6(3-7,4-7)5(13)1-12/h1,12H,2-4H2. The van der Waals surface area contributed by atoms with Gasteiger partial charge in [0.25, 0.3) is 0 Å². The molecule has 3 saturated carbocycles. The third-order valence-corrected chi connectivity index (χ3v) is 3.29. The second kappa shape index (κ2) is 1.96. The number of rotatable bonds is 2. The van der Waals surface area contributed by atoms with Gasteiger partial charge in [-0.1, -0.05) is 0 Å². The SMILES string of the molecule is N=CC(=O)C12CC(C(F)(F)F)(C1)C2. The normalized spacial score (nSPS) is 41.8. The Bertz CT molecular complexity index is 274. The maximum absolute atomic E-state index is 12.3. The highest BCUT2D eigenvalue weighted by Gasteiger charge is 2.80. The quantitative estimate of drug-likeness (QED) is 0.665. The highest BCUT2D eigenvalue weighted by molar-refractivity contribution is 6.29. The van der Waals surface area contributed by atoms with Crippen molar-refractivity contribution in [3.05, 3.63) is 0 Å². The van der Waals surface area contributed by atoms with Crippen LogP contribution in [0.3, 0.4) is 0 Å². The molecular weight excluding hydrogens is 183 g/mol. The minimum Gasteiger partial charge on any atom is -0.305 e. The van der Waals surface area contributed by atoms with Crippen LogP contribution in [0.15, 0.2) is 0 Å². The van der Waals surface area contributed by atoms with Gasteiger partial charge in [-0.2, -0.15) is 13.2 Å². The predicted octanol–water partition coefficient (Wildman–Crippen LogP) is 1.94. The first-order valence-corrected chi connectivity index (χ1v) is 3.97. The molecule has 72 valence electrons. The van der Waals surface area contributed by atoms with Crippen molar-refractivity contribution in [2.45, 2.75) is 25.4 Å². The van der Waals surface area contributed by atoms with Crippen molar-refractivity contribution in [3.8, 4) is 0 Å². The Morgan fingerprint density at radius 2 is 1.77 bits per heavy atom. The summed E-state index contributed by atoms with van der Waals surface area (Å²) in [6, 6.07) is 0. The third kappa shape index (κ3) is 0.796. The van der Waals surface area contributed by atoms with Gasteiger partial charge in [-0.25, -0.2) is 0 Å². The van der Waals surface area contributed by atoms with Crippen LogP contribution in [0.1, 0.15) is 19.3 Å². The van der Waals surface area contributed by atoms with Crippen LogP contribution in [0, 0.1) is 16.2 Å². The number of Topliss-reactive ketones (excluding diaryl/α,β-unsaturated/α-hetero) is 1. The molecule has 2 nitrogen and oxygen atoms in total. The van der Waals surface area contributed by atoms with Gasteiger partial charge < -0.3 is 5.41 Å². The number of ketones is 1. The number of alkyl halides is 3. The summed E-state index contributed by atoms with van der Waals surface area (Å²) in [6.07, 6.45) is -3.83. The van der Waals surface area contributed by atoms with Crippen LogP contribution in [-0.4, -0.2) is 18.2 Å². The Balaban J connectivity index is 2.08. The molecule has 13 heavy (non-hydrogen) atoms. The molecule has 0 aromatic heterocycles. The summed E-state index contributed by atoms with van der Waals surface area (Å²) in [7, 11) is 0. The molecule has 0 heterocycles. The monoisotopic (exact) mass is 191 g/mol. The lowest BCUT2D eigenvalue weighted by atomic mass is 9.34. The molecule has 0 spiro atoms. The Hall–Kier alpha value is -0.870. The summed E-state index contributed by atoms with van der Waals surface area (Å²) in [4.78, 5) is 11.0. The highest BCUT2D eigenvalue weighted by Crippen LogP contribution is 2.78. The molecule has 3 aliphatic carbocycles. The first kappa shape index (κ1) is 8.72. The molecule has 5 heteroatoms. The van der Waals surface area contributed by atoms with E-state index in [1.165, 1.54) is 0 Å². The maximum atomic E-state index is 12.3. The molecule has 0 atom stereocenters. The van der Waals surface area contributed by atoms with Gasteiger partial charge in [0.15, 0.2) is 5.78 Å². The first-order chi connectivity index (χ1) is 5.85. The van der Waals surface area contributed by atoms with Crippen molar-refractivity contribution >= 4 is 12.0 Å². The molecule has 0 amide bonds. The topological polar surface area (TPSA) is 40.9 Å². The maximum Gasteiger partial charge on any atom is 0.394 e. The van der Waals surface area contributed by atoms with Gasteiger partial charge in [0.2, 0.25) is 0 Å². The van der Waals surface area contributed by atoms with Crippen LogP contribution < -0.4 is 0 Å². The lowest BCUT2D eigenvalue weighted by Crippen LogP contribution is -2.71. The molecular formula is C8H8F3NO. The fourth-order valence-electron chi connectivity index (χ4n) is 2.50. The van der Waals surface area contributed by atoms with Crippen LogP contribution in [-0.2, 0) is 4.79 Å². The Labute approximate surface area is 72.6 Å². The number of nitrogens with one attached hydrogen (secondary N) is 1. The van der Waals surface area contributed by atoms with Crippen LogP contribution in [0.4, 0.5) is 13.2 Å². The van der Waals surface area contributed by atoms with Crippen molar-refractivity contribution in [1.82, 2.24) is 0 Å². The predicted molar refractivity (Wildman–Crippen MR) is 38.6 cm³/mol. The molecule has 0 aliphatic heterocycles. The Morgan fingerprint density at radius 1 is 1.31 bits per heavy atom. The van der Waals surface area contributed by atoms with Crippen molar-refractivity contribution in [1.29, 1.82) is 5.41 Å². The van der Waals surface area contributed by atoms with Crippen molar-refractivity contribution in [2.24, 2.45) is 10.8 Å². The van der Waals surface area contributed by atoms with Crippen LogP contribution in [0.5, 0.6) is 0 Å². The molecule has 0 radical (unpaired) electrons. The fraction of sp³-hybridized carbons (Fsp3) is 0.750. The molecule has 0 unspecified atom stereocenters. The Morgan fingerprint density at radius 3 is 2.08 bits per heavy atom. The number of halogens is 3. The second-order valence-corrected chi connectivity index (χ2v) is 4.10. The third-order valence-electron chi connectivity index (χ3n) is 3.29. The van der Waals surface area contributed by atoms with Gasteiger partial charge in [-0.05, 0) is 19.3 Å². The zero-order valence-corrected chi connectivity index (χ0v) is 6.74. The number of carbonyl (C=O) groups is 1. The van der Waals surface area contributed by atoms with Crippen molar-refractivity contribution in [2.75, 3.05) is 0 Å². The van der Waals surface area contributed by atoms with Crippen LogP contribution >= 0.6 is 0 Å². The smallest absolute Gasteiger partial charge is 0.305 e. The molecule has 1 N–H and O–H groups in total. The summed E-state index contributed by atoms with van der Waals surface area (Å²) in [5.41, 5.74) is -2.39. The highest BCUT2D eigenvalue weighted by atomic mass is 19.4. The van der Waals surface area contributed by atoms with Crippen molar-refractivity contribution < 1.29 is 18.0 Å². The average Bonchev–Trinajstić information content (AvgIpc) is 1.77. The van der Waals surface area contributed by atoms with Crippen molar-refractivity contribution in [3.63, 3.8) is 0 Å². The van der Waals surface area contributed by atoms with E-state index in [0.717, 1.165) is 0 Å². The van der Waals surface area contributed by atoms with Gasteiger partial charge >= 0.3 is 6.18 Å². The zero-order chi connectivity index (χ0) is 9.91. The minimum absolute atomic E-state index is 0.0995. The van der Waals surface area contributed by atoms with Crippen LogP contribution in [0.25, 0.3) is 0 Å². The molecule has 0 saturated heterocycles. The van der Waals surface area contributed by atoms with Gasteiger partial charge in [-0.15, -0.1) is 0 Å². The van der Waals surface area contributed by atoms with Gasteiger partial charge in [0, 0.05) is 5.41 Å². The van der Waals surface area contributed by atoms with E-state index < -0.39 is 22.8 Å². The summed E-state index contributed by atoms with van der Waals surface area (Å²) >= 11 is 0. The number of carbonyl (C=O) groups excluding carboxylic acids is 1. The molecule has 3 rings (SSSR count). The van der Waals surface area contributed by atoms with E-state index in [-0.39, 0.29) is 19.3 Å². The molecule has 3 aliphatic rings. The van der Waals surface area contributed by atoms with Gasteiger partial charge in [0.1, 0.15) is 0 Å². The molecule has 3 fully saturated rings. The van der Waals surface area contributed by atoms with E-state index in [1.807, 2.05) is 0 Å². The number of hydrogen-bond donors (Lipinski definition) is 1. The largest absolute Gasteiger partial charge is 0.394 e. The van der Waals surface area contributed by atoms with E-state index in [2.05, 4.69) is 0 Å². The molecule has 0 aromatic carbocycles. The van der Waals surface area contributed by atoms with E-state index >= 15 is 0 Å². The summed E-state index contributed by atoms with van der Waals surface area (Å²) < 4.78 is 36.9. The molecule has 2 bridgehead atoms. The Kier molecular flexibility index (Phi) is 1.32. The molecule has 0 aromatic rings. The summed E-state index contributed by atoms with van der Waals surface area (Å²) in [5, 5.41) is 6.69. The van der Waals surface area contributed by atoms with E-state index in [0.29, 0.717) is 6.21 Å². The number of hydrogen-bond acceptors (Lipinski definition) is 2. The van der Waals surface area contributed by atoms with E-state index in [1.54, 1.807) is 0 Å². The van der Waals surface area contributed by atoms with Crippen LogP contribution in [0.2, 0.25) is 0 Å². The summed E-state index contributed by atoms with van der Waals surface area (Å²) in [5.74, 6) is -0.446. The lowest BCUT2D eigenvalue weighted by molar-refractivity contribution is -0.348. The average molecular weight is 191 g/mol. The second-order valence-electron chi connectivity index (χ2n) is 4.10. The van der Waals surface area contributed by atoms with Gasteiger partial charge in [-0.3, -0.25) is 4.79 Å². The fourth-order valence-corrected chi connectivity index (χ4v) is 2.50. The minimum atomic E-state index is -4.17. The van der Waals surface area contributed by atoms with E-state index in [9.17, 15) is 18.0 Å². The lowest BCUT2D eigenvalue weighted by Gasteiger charge is -2.69. The van der Waals surface area contributed by atoms with E-state index in [4.69, 9.17) is 5.41 Å². The first-order valence-electron chi connectivity index (χ1n) is 3.97. The zero-order valence-electron chi connectivity index (χ0n) is 6.74. The van der Waals surface area contributed by atoms with Gasteiger partial charge in [0.05, 0.1) is 11.6 Å². The summed E-state index contributed by atoms with van der Waals surface area (Å²) in [6.45, 7) is 0.